The van der Waals surface area contributed by atoms with Gasteiger partial charge in [0, 0.05) is 65.2 Å². The van der Waals surface area contributed by atoms with Crippen LogP contribution in [0.15, 0.2) is 0 Å². The molecule has 0 spiro atoms. The van der Waals surface area contributed by atoms with Gasteiger partial charge in [0.05, 0.1) is 53.3 Å². The number of nitrogens with zero attached hydrogens (tertiary/aromatic N) is 2. The molecule has 2 N–H and O–H groups in total. The Labute approximate surface area is 421 Å². The number of carbonyl (C=O) groups is 6. The van der Waals surface area contributed by atoms with Gasteiger partial charge in [-0.3, -0.25) is 19.2 Å². The van der Waals surface area contributed by atoms with Gasteiger partial charge in [0.15, 0.2) is 9.84 Å². The van der Waals surface area contributed by atoms with Gasteiger partial charge in [-0.15, -0.1) is 0 Å². The molecule has 0 saturated heterocycles. The molecule has 0 atom stereocenters. The quantitative estimate of drug-likeness (QED) is 0.151. The molecule has 51 heavy (non-hydrogen) atoms. The first-order valence-electron chi connectivity index (χ1n) is 13.8. The van der Waals surface area contributed by atoms with E-state index in [1.54, 1.807) is 104 Å². The van der Waals surface area contributed by atoms with Crippen LogP contribution in [0.2, 0.25) is 0 Å². The minimum Gasteiger partial charge on any atom is -0.545 e. The van der Waals surface area contributed by atoms with E-state index in [9.17, 15) is 47.4 Å². The van der Waals surface area contributed by atoms with Crippen molar-refractivity contribution in [2.24, 2.45) is 0 Å². The number of hydrogen-bond acceptors (Lipinski definition) is 10. The van der Waals surface area contributed by atoms with Crippen LogP contribution < -0.4 is 89.8 Å². The topological polar surface area (TPSA) is 213 Å². The van der Waals surface area contributed by atoms with E-state index < -0.39 is 57.9 Å². The molecule has 0 aromatic heterocycles. The number of aromatic carboxylic acids is 2. The van der Waals surface area contributed by atoms with Crippen LogP contribution in [-0.4, -0.2) is 68.6 Å². The zero-order chi connectivity index (χ0) is 37.7. The second-order valence-corrected chi connectivity index (χ2v) is 18.7. The summed E-state index contributed by atoms with van der Waals surface area (Å²) in [6.07, 6.45) is -1.04. The number of sulfone groups is 1. The first-order chi connectivity index (χ1) is 22.6. The second kappa shape index (κ2) is 23.1. The Morgan fingerprint density at radius 3 is 1.12 bits per heavy atom. The van der Waals surface area contributed by atoms with Crippen LogP contribution in [-0.2, 0) is 29.0 Å². The molecule has 0 aliphatic carbocycles. The van der Waals surface area contributed by atoms with Crippen molar-refractivity contribution in [2.75, 3.05) is 45.0 Å². The Hall–Kier alpha value is 1.59. The minimum atomic E-state index is -3.97. The minimum absolute atomic E-state index is 0. The van der Waals surface area contributed by atoms with Crippen LogP contribution in [0.3, 0.4) is 0 Å². The van der Waals surface area contributed by atoms with Crippen molar-refractivity contribution >= 4 is 204 Å². The molecule has 2 aromatic carbocycles. The van der Waals surface area contributed by atoms with Crippen molar-refractivity contribution in [3.63, 3.8) is 0 Å². The summed E-state index contributed by atoms with van der Waals surface area (Å²) in [6, 6.07) is 0. The van der Waals surface area contributed by atoms with Gasteiger partial charge in [-0.2, -0.15) is 0 Å². The zero-order valence-electron chi connectivity index (χ0n) is 27.9. The average molecular weight is 1420 g/mol. The number of carboxylic acid groups (broad SMARTS) is 2. The van der Waals surface area contributed by atoms with Crippen LogP contribution in [0.4, 0.5) is 22.7 Å². The van der Waals surface area contributed by atoms with Crippen LogP contribution in [0.1, 0.15) is 61.3 Å². The maximum Gasteiger partial charge on any atom is 1.00 e. The predicted molar refractivity (Wildman–Crippen MR) is 230 cm³/mol. The third-order valence-electron chi connectivity index (χ3n) is 6.74. The standard InChI is InChI=1S/C28H28I6N4O10S.2Na/c1-5-37(11(3)39)25-19(31)15(27(43)44)17(29)23(21(25)33)35-13(41)7-9-49(47,48)10-8-14(42)36-24-18(30)16(28(45)46)20(32)26(22(24)34)38(6-2)12(4)40;;/h5-10H2,1-4H3,(H,35,41)(H,36,42)(H,43,44)(H,45,46);;/q;2*+1/p-2. The Morgan fingerprint density at radius 1 is 0.588 bits per heavy atom. The Bertz CT molecular complexity index is 1740. The summed E-state index contributed by atoms with van der Waals surface area (Å²) in [5.41, 5.74) is 0.242. The Balaban J connectivity index is 0.0000125. The van der Waals surface area contributed by atoms with E-state index in [4.69, 9.17) is 0 Å². The van der Waals surface area contributed by atoms with Gasteiger partial charge in [-0.1, -0.05) is 0 Å². The number of halogens is 6. The average Bonchev–Trinajstić information content (AvgIpc) is 2.99. The molecule has 0 saturated carbocycles. The second-order valence-electron chi connectivity index (χ2n) is 9.93. The van der Waals surface area contributed by atoms with Crippen LogP contribution >= 0.6 is 136 Å². The van der Waals surface area contributed by atoms with E-state index >= 15 is 0 Å². The van der Waals surface area contributed by atoms with E-state index in [0.29, 0.717) is 7.14 Å². The van der Waals surface area contributed by atoms with E-state index in [2.05, 4.69) is 10.6 Å². The normalized spacial score (nSPS) is 10.7. The summed E-state index contributed by atoms with van der Waals surface area (Å²) in [7, 11) is -3.97. The maximum atomic E-state index is 13.0. The SMILES string of the molecule is CCN(C(C)=O)c1c(I)c(NC(=O)CCS(=O)(=O)CCC(=O)Nc2c(I)c(C(=O)[O-])c(I)c(N(CC)C(C)=O)c2I)c(I)c(C(=O)[O-])c1I.[Na+].[Na+]. The third-order valence-corrected chi connectivity index (χ3v) is 14.7. The summed E-state index contributed by atoms with van der Waals surface area (Å²) < 4.78 is 27.2. The van der Waals surface area contributed by atoms with E-state index in [0.717, 1.165) is 0 Å². The number of amides is 4. The summed E-state index contributed by atoms with van der Waals surface area (Å²) in [5, 5.41) is 29.2. The predicted octanol–water partition coefficient (Wildman–Crippen LogP) is -2.43. The molecule has 2 aromatic rings. The summed E-state index contributed by atoms with van der Waals surface area (Å²) >= 11 is 10.8. The molecule has 0 bridgehead atoms. The molecule has 0 radical (unpaired) electrons. The van der Waals surface area contributed by atoms with E-state index in [1.807, 2.05) is 45.2 Å². The Kier molecular flexibility index (Phi) is 23.8. The van der Waals surface area contributed by atoms with Crippen LogP contribution in [0.5, 0.6) is 0 Å². The number of nitrogens with one attached hydrogen (secondary N) is 2. The van der Waals surface area contributed by atoms with E-state index in [1.165, 1.54) is 23.6 Å². The van der Waals surface area contributed by atoms with Crippen molar-refractivity contribution in [1.29, 1.82) is 0 Å². The molecule has 268 valence electrons. The molecular formula is C28H26I6N4Na2O10S. The third kappa shape index (κ3) is 13.3. The fourth-order valence-electron chi connectivity index (χ4n) is 4.43. The number of hydrogen-bond donors (Lipinski definition) is 2. The van der Waals surface area contributed by atoms with Crippen molar-refractivity contribution in [3.05, 3.63) is 32.5 Å². The van der Waals surface area contributed by atoms with Gasteiger partial charge in [0.2, 0.25) is 23.6 Å². The number of anilines is 4. The van der Waals surface area contributed by atoms with Crippen LogP contribution in [0, 0.1) is 21.4 Å². The molecule has 0 unspecified atom stereocenters. The first kappa shape index (κ1) is 52.6. The molecule has 2 rings (SSSR count). The summed E-state index contributed by atoms with van der Waals surface area (Å²) in [4.78, 5) is 77.2. The molecule has 14 nitrogen and oxygen atoms in total. The maximum absolute atomic E-state index is 13.0. The van der Waals surface area contributed by atoms with Gasteiger partial charge >= 0.3 is 59.1 Å². The largest absolute Gasteiger partial charge is 1.00 e. The van der Waals surface area contributed by atoms with Crippen LogP contribution in [0.25, 0.3) is 0 Å². The number of carboxylic acids is 2. The fraction of sp³-hybridized carbons (Fsp3) is 0.357. The molecule has 23 heteroatoms. The van der Waals surface area contributed by atoms with Gasteiger partial charge < -0.3 is 40.2 Å². The molecular weight excluding hydrogens is 1390 g/mol. The van der Waals surface area contributed by atoms with Crippen molar-refractivity contribution < 1.29 is 107 Å². The zero-order valence-corrected chi connectivity index (χ0v) is 45.7. The van der Waals surface area contributed by atoms with Gasteiger partial charge in [-0.25, -0.2) is 8.42 Å². The van der Waals surface area contributed by atoms with E-state index in [-0.39, 0.29) is 132 Å². The smallest absolute Gasteiger partial charge is 0.545 e. The molecule has 0 aliphatic heterocycles. The van der Waals surface area contributed by atoms with Gasteiger partial charge in [0.25, 0.3) is 0 Å². The molecule has 0 heterocycles. The molecule has 0 aliphatic rings. The molecule has 0 fully saturated rings. The van der Waals surface area contributed by atoms with Gasteiger partial charge in [0.1, 0.15) is 0 Å². The number of carbonyl (C=O) groups excluding carboxylic acids is 6. The first-order valence-corrected chi connectivity index (χ1v) is 22.1. The number of rotatable bonds is 14. The molecule has 4 amide bonds. The van der Waals surface area contributed by atoms with Gasteiger partial charge in [-0.05, 0) is 149 Å². The Morgan fingerprint density at radius 2 is 0.882 bits per heavy atom. The fourth-order valence-corrected chi connectivity index (χ4v) is 14.5. The monoisotopic (exact) mass is 1420 g/mol. The van der Waals surface area contributed by atoms with Crippen molar-refractivity contribution in [2.45, 2.75) is 40.5 Å². The summed E-state index contributed by atoms with van der Waals surface area (Å²) in [6.45, 7) is 6.45. The summed E-state index contributed by atoms with van der Waals surface area (Å²) in [5.74, 6) is -6.54. The van der Waals surface area contributed by atoms with Crippen molar-refractivity contribution in [1.82, 2.24) is 0 Å². The van der Waals surface area contributed by atoms with Crippen molar-refractivity contribution in [3.8, 4) is 0 Å². The number of benzene rings is 2.